The molecular formula is C18H17ClN4O2. The van der Waals surface area contributed by atoms with Gasteiger partial charge in [-0.25, -0.2) is 4.98 Å². The Bertz CT molecular complexity index is 877. The van der Waals surface area contributed by atoms with Crippen molar-refractivity contribution in [1.82, 2.24) is 9.55 Å². The van der Waals surface area contributed by atoms with Crippen LogP contribution in [0.3, 0.4) is 0 Å². The summed E-state index contributed by atoms with van der Waals surface area (Å²) in [5.74, 6) is 0. The lowest BCUT2D eigenvalue weighted by molar-refractivity contribution is -0.385. The van der Waals surface area contributed by atoms with Crippen LogP contribution in [0.25, 0.3) is 0 Å². The van der Waals surface area contributed by atoms with Crippen molar-refractivity contribution in [2.24, 2.45) is 0 Å². The van der Waals surface area contributed by atoms with E-state index in [9.17, 15) is 10.1 Å². The van der Waals surface area contributed by atoms with Crippen LogP contribution in [0.5, 0.6) is 0 Å². The molecule has 0 unspecified atom stereocenters. The summed E-state index contributed by atoms with van der Waals surface area (Å²) in [6.45, 7) is 3.06. The van der Waals surface area contributed by atoms with Gasteiger partial charge in [-0.05, 0) is 24.1 Å². The second-order valence-corrected chi connectivity index (χ2v) is 6.19. The average molecular weight is 357 g/mol. The normalized spacial score (nSPS) is 10.6. The van der Waals surface area contributed by atoms with Crippen molar-refractivity contribution in [3.8, 4) is 0 Å². The number of hydrogen-bond acceptors (Lipinski definition) is 4. The first kappa shape index (κ1) is 17.0. The smallest absolute Gasteiger partial charge is 0.273 e. The van der Waals surface area contributed by atoms with Crippen molar-refractivity contribution in [1.29, 1.82) is 0 Å². The molecule has 6 nitrogen and oxygen atoms in total. The van der Waals surface area contributed by atoms with Crippen molar-refractivity contribution in [3.05, 3.63) is 86.9 Å². The highest BCUT2D eigenvalue weighted by Gasteiger charge is 2.14. The molecule has 2 aromatic carbocycles. The van der Waals surface area contributed by atoms with Gasteiger partial charge in [0.05, 0.1) is 22.0 Å². The number of benzene rings is 2. The highest BCUT2D eigenvalue weighted by atomic mass is 35.5. The molecule has 1 aromatic heterocycles. The third-order valence-electron chi connectivity index (χ3n) is 3.91. The molecule has 25 heavy (non-hydrogen) atoms. The number of anilines is 1. The molecule has 0 radical (unpaired) electrons. The molecule has 0 spiro atoms. The summed E-state index contributed by atoms with van der Waals surface area (Å²) in [6, 6.07) is 11.3. The fraction of sp³-hybridized carbons (Fsp3) is 0.167. The van der Waals surface area contributed by atoms with Crippen molar-refractivity contribution >= 4 is 23.0 Å². The molecule has 0 atom stereocenters. The Hall–Kier alpha value is -2.86. The molecule has 128 valence electrons. The predicted molar refractivity (Wildman–Crippen MR) is 97.9 cm³/mol. The van der Waals surface area contributed by atoms with E-state index >= 15 is 0 Å². The van der Waals surface area contributed by atoms with Crippen molar-refractivity contribution < 1.29 is 4.92 Å². The van der Waals surface area contributed by atoms with Crippen LogP contribution >= 0.6 is 11.6 Å². The van der Waals surface area contributed by atoms with Crippen LogP contribution < -0.4 is 5.32 Å². The van der Waals surface area contributed by atoms with Gasteiger partial charge in [0, 0.05) is 37.1 Å². The number of nitro groups is 1. The van der Waals surface area contributed by atoms with E-state index in [0.29, 0.717) is 22.8 Å². The monoisotopic (exact) mass is 356 g/mol. The fourth-order valence-electron chi connectivity index (χ4n) is 2.55. The Kier molecular flexibility index (Phi) is 5.00. The second kappa shape index (κ2) is 7.36. The van der Waals surface area contributed by atoms with E-state index in [4.69, 9.17) is 11.6 Å². The van der Waals surface area contributed by atoms with Gasteiger partial charge < -0.3 is 9.88 Å². The minimum atomic E-state index is -0.427. The van der Waals surface area contributed by atoms with Gasteiger partial charge in [-0.3, -0.25) is 10.1 Å². The number of nitrogens with one attached hydrogen (secondary N) is 1. The summed E-state index contributed by atoms with van der Waals surface area (Å²) in [4.78, 5) is 14.5. The minimum Gasteiger partial charge on any atom is -0.380 e. The van der Waals surface area contributed by atoms with E-state index in [1.165, 1.54) is 11.6 Å². The van der Waals surface area contributed by atoms with E-state index in [1.54, 1.807) is 25.5 Å². The maximum absolute atomic E-state index is 10.9. The molecule has 0 amide bonds. The quantitative estimate of drug-likeness (QED) is 0.524. The van der Waals surface area contributed by atoms with E-state index in [1.807, 2.05) is 22.9 Å². The maximum Gasteiger partial charge on any atom is 0.273 e. The first-order chi connectivity index (χ1) is 12.0. The highest BCUT2D eigenvalue weighted by molar-refractivity contribution is 6.33. The van der Waals surface area contributed by atoms with E-state index < -0.39 is 4.92 Å². The van der Waals surface area contributed by atoms with Crippen LogP contribution in [0.4, 0.5) is 11.4 Å². The molecule has 3 rings (SSSR count). The number of hydrogen-bond donors (Lipinski definition) is 1. The SMILES string of the molecule is Cc1cc(NCc2ccc(Cn3ccnc3)cc2)c(Cl)cc1[N+](=O)[O-]. The lowest BCUT2D eigenvalue weighted by atomic mass is 10.1. The zero-order valence-corrected chi connectivity index (χ0v) is 14.4. The van der Waals surface area contributed by atoms with E-state index in [2.05, 4.69) is 22.4 Å². The van der Waals surface area contributed by atoms with Crippen LogP contribution in [0.15, 0.2) is 55.1 Å². The summed E-state index contributed by atoms with van der Waals surface area (Å²) in [5, 5.41) is 14.5. The van der Waals surface area contributed by atoms with E-state index in [-0.39, 0.29) is 5.69 Å². The maximum atomic E-state index is 10.9. The molecule has 0 bridgehead atoms. The van der Waals surface area contributed by atoms with Gasteiger partial charge in [-0.15, -0.1) is 0 Å². The molecule has 0 aliphatic carbocycles. The lowest BCUT2D eigenvalue weighted by Crippen LogP contribution is -2.02. The fourth-order valence-corrected chi connectivity index (χ4v) is 2.78. The van der Waals surface area contributed by atoms with Gasteiger partial charge in [-0.2, -0.15) is 0 Å². The third kappa shape index (κ3) is 4.16. The first-order valence-corrected chi connectivity index (χ1v) is 8.12. The van der Waals surface area contributed by atoms with Crippen LogP contribution in [0.1, 0.15) is 16.7 Å². The summed E-state index contributed by atoms with van der Waals surface area (Å²) in [7, 11) is 0. The van der Waals surface area contributed by atoms with Gasteiger partial charge in [0.25, 0.3) is 5.69 Å². The Morgan fingerprint density at radius 3 is 2.60 bits per heavy atom. The molecule has 1 N–H and O–H groups in total. The first-order valence-electron chi connectivity index (χ1n) is 7.75. The standard InChI is InChI=1S/C18H17ClN4O2/c1-13-8-17(16(19)9-18(13)23(24)25)21-10-14-2-4-15(5-3-14)11-22-7-6-20-12-22/h2-9,12,21H,10-11H2,1H3. The number of aryl methyl sites for hydroxylation is 1. The Labute approximate surface area is 150 Å². The molecule has 1 heterocycles. The molecule has 0 fully saturated rings. The molecule has 3 aromatic rings. The molecule has 0 aliphatic heterocycles. The number of halogens is 1. The Morgan fingerprint density at radius 1 is 1.24 bits per heavy atom. The van der Waals surface area contributed by atoms with Crippen LogP contribution in [0, 0.1) is 17.0 Å². The zero-order valence-electron chi connectivity index (χ0n) is 13.6. The Balaban J connectivity index is 1.65. The van der Waals surface area contributed by atoms with Gasteiger partial charge >= 0.3 is 0 Å². The molecule has 0 aliphatic rings. The Morgan fingerprint density at radius 2 is 1.96 bits per heavy atom. The van der Waals surface area contributed by atoms with Crippen LogP contribution in [-0.2, 0) is 13.1 Å². The van der Waals surface area contributed by atoms with Gasteiger partial charge in [0.1, 0.15) is 0 Å². The summed E-state index contributed by atoms with van der Waals surface area (Å²) in [6.07, 6.45) is 5.47. The largest absolute Gasteiger partial charge is 0.380 e. The lowest BCUT2D eigenvalue weighted by Gasteiger charge is -2.10. The van der Waals surface area contributed by atoms with Crippen LogP contribution in [0.2, 0.25) is 5.02 Å². The van der Waals surface area contributed by atoms with Gasteiger partial charge in [0.15, 0.2) is 0 Å². The summed E-state index contributed by atoms with van der Waals surface area (Å²) in [5.41, 5.74) is 3.58. The number of nitro benzene ring substituents is 1. The number of rotatable bonds is 6. The average Bonchev–Trinajstić information content (AvgIpc) is 3.09. The molecule has 0 saturated heterocycles. The molecule has 0 saturated carbocycles. The van der Waals surface area contributed by atoms with Crippen molar-refractivity contribution in [3.63, 3.8) is 0 Å². The second-order valence-electron chi connectivity index (χ2n) is 5.78. The van der Waals surface area contributed by atoms with Crippen LogP contribution in [-0.4, -0.2) is 14.5 Å². The predicted octanol–water partition coefficient (Wildman–Crippen LogP) is 4.41. The number of imidazole rings is 1. The van der Waals surface area contributed by atoms with E-state index in [0.717, 1.165) is 12.1 Å². The molecular weight excluding hydrogens is 340 g/mol. The highest BCUT2D eigenvalue weighted by Crippen LogP contribution is 2.30. The minimum absolute atomic E-state index is 0.0272. The van der Waals surface area contributed by atoms with Crippen molar-refractivity contribution in [2.75, 3.05) is 5.32 Å². The number of nitrogens with zero attached hydrogens (tertiary/aromatic N) is 3. The number of aromatic nitrogens is 2. The zero-order chi connectivity index (χ0) is 17.8. The summed E-state index contributed by atoms with van der Waals surface area (Å²) < 4.78 is 2.01. The molecule has 7 heteroatoms. The third-order valence-corrected chi connectivity index (χ3v) is 4.23. The van der Waals surface area contributed by atoms with Gasteiger partial charge in [0.2, 0.25) is 0 Å². The topological polar surface area (TPSA) is 73.0 Å². The van der Waals surface area contributed by atoms with Gasteiger partial charge in [-0.1, -0.05) is 35.9 Å². The van der Waals surface area contributed by atoms with Crippen molar-refractivity contribution in [2.45, 2.75) is 20.0 Å². The summed E-state index contributed by atoms with van der Waals surface area (Å²) >= 11 is 6.14.